The fourth-order valence-corrected chi connectivity index (χ4v) is 0.289. The van der Waals surface area contributed by atoms with E-state index in [0.717, 1.165) is 6.08 Å². The normalized spacial score (nSPS) is 9.49. The molecule has 0 atom stereocenters. The third-order valence-electron chi connectivity index (χ3n) is 2.28. The molecule has 0 fully saturated rings. The van der Waals surface area contributed by atoms with E-state index in [2.05, 4.69) is 6.58 Å². The van der Waals surface area contributed by atoms with Crippen molar-refractivity contribution < 1.29 is 86.5 Å². The van der Waals surface area contributed by atoms with Crippen LogP contribution in [0.2, 0.25) is 0 Å². The summed E-state index contributed by atoms with van der Waals surface area (Å²) in [6.07, 6.45) is -3.94. The first-order valence-corrected chi connectivity index (χ1v) is 9.66. The van der Waals surface area contributed by atoms with Crippen molar-refractivity contribution in [3.8, 4) is 0 Å². The molecular formula is C18H44O17. The van der Waals surface area contributed by atoms with E-state index < -0.39 is 36.5 Å². The number of hydrogen-bond donors (Lipinski definition) is 16. The molecule has 16 N–H and O–H groups in total. The molecule has 0 radical (unpaired) electrons. The predicted octanol–water partition coefficient (Wildman–Crippen LogP) is -8.08. The van der Waals surface area contributed by atoms with Crippen LogP contribution in [0.3, 0.4) is 0 Å². The summed E-state index contributed by atoms with van der Waals surface area (Å²) in [5.74, 6) is -0.981. The Morgan fingerprint density at radius 3 is 0.543 bits per heavy atom. The lowest BCUT2D eigenvalue weighted by atomic mass is 10.4. The number of carboxylic acids is 1. The molecule has 0 aromatic rings. The van der Waals surface area contributed by atoms with Crippen LogP contribution in [0.25, 0.3) is 0 Å². The fraction of sp³-hybridized carbons (Fsp3) is 0.833. The summed E-state index contributed by atoms with van der Waals surface area (Å²) in [6, 6.07) is 0. The number of aliphatic hydroxyl groups is 15. The van der Waals surface area contributed by atoms with Gasteiger partial charge in [-0.15, -0.1) is 0 Å². The van der Waals surface area contributed by atoms with Gasteiger partial charge in [0.05, 0.1) is 66.1 Å². The molecule has 0 aliphatic heterocycles. The van der Waals surface area contributed by atoms with Crippen molar-refractivity contribution in [1.29, 1.82) is 0 Å². The van der Waals surface area contributed by atoms with Crippen LogP contribution in [-0.2, 0) is 4.79 Å². The van der Waals surface area contributed by atoms with E-state index in [1.165, 1.54) is 0 Å². The molecule has 17 heteroatoms. The van der Waals surface area contributed by atoms with Crippen molar-refractivity contribution in [2.24, 2.45) is 0 Å². The molecule has 35 heavy (non-hydrogen) atoms. The van der Waals surface area contributed by atoms with E-state index in [9.17, 15) is 4.79 Å². The third-order valence-corrected chi connectivity index (χ3v) is 2.28. The quantitative estimate of drug-likeness (QED) is 0.110. The van der Waals surface area contributed by atoms with Gasteiger partial charge in [0.2, 0.25) is 0 Å². The van der Waals surface area contributed by atoms with Gasteiger partial charge < -0.3 is 81.7 Å². The Balaban J connectivity index is -0.0000000722. The largest absolute Gasteiger partial charge is 0.478 e. The van der Waals surface area contributed by atoms with E-state index in [1.54, 1.807) is 0 Å². The Morgan fingerprint density at radius 1 is 0.457 bits per heavy atom. The molecule has 0 unspecified atom stereocenters. The molecule has 17 nitrogen and oxygen atoms in total. The number of carbonyl (C=O) groups is 1. The zero-order chi connectivity index (χ0) is 29.2. The Morgan fingerprint density at radius 2 is 0.543 bits per heavy atom. The summed E-state index contributed by atoms with van der Waals surface area (Å²) in [7, 11) is 0. The van der Waals surface area contributed by atoms with Gasteiger partial charge in [0.1, 0.15) is 30.5 Å². The zero-order valence-corrected chi connectivity index (χ0v) is 19.3. The molecule has 0 aromatic heterocycles. The molecule has 0 spiro atoms. The van der Waals surface area contributed by atoms with Crippen LogP contribution in [0.1, 0.15) is 0 Å². The summed E-state index contributed by atoms with van der Waals surface area (Å²) >= 11 is 0. The maximum atomic E-state index is 9.25. The minimum Gasteiger partial charge on any atom is -0.478 e. The SMILES string of the molecule is C=CC(=O)O.OCC(O)CO.OCC(O)CO.OCC(O)CO.OCC(O)CO.OCC(O)CO. The number of aliphatic carboxylic acids is 1. The summed E-state index contributed by atoms with van der Waals surface area (Å²) in [5.41, 5.74) is 0. The van der Waals surface area contributed by atoms with Crippen molar-refractivity contribution in [2.45, 2.75) is 30.5 Å². The van der Waals surface area contributed by atoms with Crippen molar-refractivity contribution >= 4 is 5.97 Å². The van der Waals surface area contributed by atoms with Gasteiger partial charge in [0.15, 0.2) is 0 Å². The Bertz CT molecular complexity index is 297. The Kier molecular flexibility index (Phi) is 57.3. The van der Waals surface area contributed by atoms with Crippen LogP contribution in [0, 0.1) is 0 Å². The maximum Gasteiger partial charge on any atom is 0.327 e. The summed E-state index contributed by atoms with van der Waals surface area (Å²) in [5, 5.41) is 128. The van der Waals surface area contributed by atoms with Crippen LogP contribution in [0.4, 0.5) is 0 Å². The number of rotatable bonds is 11. The first kappa shape index (κ1) is 46.9. The van der Waals surface area contributed by atoms with Crippen LogP contribution < -0.4 is 0 Å². The summed E-state index contributed by atoms with van der Waals surface area (Å²) < 4.78 is 0. The number of hydrogen-bond acceptors (Lipinski definition) is 16. The van der Waals surface area contributed by atoms with Gasteiger partial charge >= 0.3 is 5.97 Å². The molecule has 0 rings (SSSR count). The Labute approximate surface area is 202 Å². The lowest BCUT2D eigenvalue weighted by molar-refractivity contribution is -0.131. The minimum absolute atomic E-state index is 0.365. The van der Waals surface area contributed by atoms with Gasteiger partial charge in [-0.25, -0.2) is 4.79 Å². The fourth-order valence-electron chi connectivity index (χ4n) is 0.289. The average Bonchev–Trinajstić information content (AvgIpc) is 2.91. The zero-order valence-electron chi connectivity index (χ0n) is 19.3. The van der Waals surface area contributed by atoms with Gasteiger partial charge in [-0.2, -0.15) is 0 Å². The van der Waals surface area contributed by atoms with Crippen LogP contribution >= 0.6 is 0 Å². The molecule has 0 aliphatic carbocycles. The second kappa shape index (κ2) is 42.7. The van der Waals surface area contributed by atoms with Crippen molar-refractivity contribution in [3.05, 3.63) is 12.7 Å². The van der Waals surface area contributed by atoms with Crippen molar-refractivity contribution in [3.63, 3.8) is 0 Å². The highest BCUT2D eigenvalue weighted by Gasteiger charge is 1.95. The number of aliphatic hydroxyl groups excluding tert-OH is 15. The van der Waals surface area contributed by atoms with E-state index in [1.807, 2.05) is 0 Å². The van der Waals surface area contributed by atoms with Gasteiger partial charge in [-0.1, -0.05) is 6.58 Å². The second-order valence-electron chi connectivity index (χ2n) is 5.64. The van der Waals surface area contributed by atoms with Gasteiger partial charge in [0, 0.05) is 6.08 Å². The highest BCUT2D eigenvalue weighted by molar-refractivity contribution is 5.78. The minimum atomic E-state index is -0.981. The molecular weight excluding hydrogens is 488 g/mol. The summed E-state index contributed by atoms with van der Waals surface area (Å²) in [4.78, 5) is 9.25. The van der Waals surface area contributed by atoms with E-state index in [4.69, 9.17) is 81.7 Å². The van der Waals surface area contributed by atoms with Gasteiger partial charge in [0.25, 0.3) is 0 Å². The van der Waals surface area contributed by atoms with Gasteiger partial charge in [-0.3, -0.25) is 0 Å². The maximum absolute atomic E-state index is 9.25. The first-order chi connectivity index (χ1) is 16.3. The van der Waals surface area contributed by atoms with Crippen molar-refractivity contribution in [1.82, 2.24) is 0 Å². The molecule has 0 heterocycles. The predicted molar refractivity (Wildman–Crippen MR) is 119 cm³/mol. The van der Waals surface area contributed by atoms with Crippen LogP contribution in [-0.4, -0.2) is 184 Å². The topological polar surface area (TPSA) is 341 Å². The van der Waals surface area contributed by atoms with Crippen LogP contribution in [0.15, 0.2) is 12.7 Å². The molecule has 0 saturated carbocycles. The standard InChI is InChI=1S/5C3H8O3.C3H4O2/c5*4-1-3(6)2-5;1-2-3(4)5/h5*3-6H,1-2H2;2H,1H2,(H,4,5). The molecule has 0 aliphatic rings. The van der Waals surface area contributed by atoms with Gasteiger partial charge in [-0.05, 0) is 0 Å². The van der Waals surface area contributed by atoms with E-state index >= 15 is 0 Å². The second-order valence-corrected chi connectivity index (χ2v) is 5.64. The Hall–Kier alpha value is -1.39. The first-order valence-electron chi connectivity index (χ1n) is 9.66. The molecule has 0 aromatic carbocycles. The smallest absolute Gasteiger partial charge is 0.327 e. The average molecular weight is 533 g/mol. The molecule has 0 amide bonds. The molecule has 218 valence electrons. The summed E-state index contributed by atoms with van der Waals surface area (Å²) in [6.45, 7) is -0.685. The lowest BCUT2D eigenvalue weighted by Gasteiger charge is -1.96. The van der Waals surface area contributed by atoms with E-state index in [-0.39, 0.29) is 66.1 Å². The highest BCUT2D eigenvalue weighted by Crippen LogP contribution is 1.73. The third kappa shape index (κ3) is 71.9. The van der Waals surface area contributed by atoms with Crippen LogP contribution in [0.5, 0.6) is 0 Å². The highest BCUT2D eigenvalue weighted by atomic mass is 16.4. The molecule has 0 bridgehead atoms. The van der Waals surface area contributed by atoms with E-state index in [0.29, 0.717) is 0 Å². The lowest BCUT2D eigenvalue weighted by Crippen LogP contribution is -2.15. The number of carboxylic acid groups (broad SMARTS) is 1. The van der Waals surface area contributed by atoms with Crippen molar-refractivity contribution in [2.75, 3.05) is 66.1 Å². The monoisotopic (exact) mass is 532 g/mol. The molecule has 0 saturated heterocycles.